The standard InChI is InChI=1S/C11H16N2O2S/c1-11(2,3)15-10(14)5-7-16-9-4-6-12-8-13-9/h4,6,8H,5,7H2,1-3H3. The minimum absolute atomic E-state index is 0.172. The quantitative estimate of drug-likeness (QED) is 0.459. The van der Waals surface area contributed by atoms with E-state index >= 15 is 0 Å². The van der Waals surface area contributed by atoms with Gasteiger partial charge in [-0.25, -0.2) is 9.97 Å². The van der Waals surface area contributed by atoms with E-state index in [0.717, 1.165) is 5.03 Å². The van der Waals surface area contributed by atoms with Crippen LogP contribution in [0, 0.1) is 0 Å². The fourth-order valence-electron chi connectivity index (χ4n) is 0.995. The molecule has 5 heteroatoms. The lowest BCUT2D eigenvalue weighted by Gasteiger charge is -2.19. The number of thioether (sulfide) groups is 1. The zero-order valence-corrected chi connectivity index (χ0v) is 10.6. The predicted molar refractivity (Wildman–Crippen MR) is 63.2 cm³/mol. The van der Waals surface area contributed by atoms with E-state index in [2.05, 4.69) is 9.97 Å². The second kappa shape index (κ2) is 5.84. The Morgan fingerprint density at radius 2 is 2.25 bits per heavy atom. The molecule has 1 heterocycles. The molecule has 0 N–H and O–H groups in total. The Kier molecular flexibility index (Phi) is 4.73. The monoisotopic (exact) mass is 240 g/mol. The maximum Gasteiger partial charge on any atom is 0.307 e. The molecule has 1 aromatic rings. The van der Waals surface area contributed by atoms with Gasteiger partial charge >= 0.3 is 5.97 Å². The second-order valence-corrected chi connectivity index (χ2v) is 5.35. The van der Waals surface area contributed by atoms with Crippen LogP contribution < -0.4 is 0 Å². The predicted octanol–water partition coefficient (Wildman–Crippen LogP) is 2.30. The lowest BCUT2D eigenvalue weighted by Crippen LogP contribution is -2.24. The van der Waals surface area contributed by atoms with Crippen molar-refractivity contribution >= 4 is 17.7 Å². The third kappa shape index (κ3) is 5.70. The number of carbonyl (C=O) groups excluding carboxylic acids is 1. The molecule has 0 amide bonds. The van der Waals surface area contributed by atoms with Gasteiger partial charge in [0.1, 0.15) is 11.9 Å². The summed E-state index contributed by atoms with van der Waals surface area (Å²) in [6, 6.07) is 1.82. The summed E-state index contributed by atoms with van der Waals surface area (Å²) in [7, 11) is 0. The number of hydrogen-bond donors (Lipinski definition) is 0. The molecule has 0 atom stereocenters. The Labute approximate surface area is 99.8 Å². The summed E-state index contributed by atoms with van der Waals surface area (Å²) in [5.74, 6) is 0.500. The summed E-state index contributed by atoms with van der Waals surface area (Å²) >= 11 is 1.52. The SMILES string of the molecule is CC(C)(C)OC(=O)CCSc1ccncn1. The first kappa shape index (κ1) is 13.0. The Balaban J connectivity index is 2.24. The topological polar surface area (TPSA) is 52.1 Å². The molecule has 16 heavy (non-hydrogen) atoms. The maximum atomic E-state index is 11.4. The smallest absolute Gasteiger partial charge is 0.307 e. The van der Waals surface area contributed by atoms with E-state index in [4.69, 9.17) is 4.74 Å². The first-order chi connectivity index (χ1) is 7.47. The van der Waals surface area contributed by atoms with Crippen LogP contribution in [-0.4, -0.2) is 27.3 Å². The van der Waals surface area contributed by atoms with Gasteiger partial charge in [-0.2, -0.15) is 0 Å². The van der Waals surface area contributed by atoms with E-state index in [1.54, 1.807) is 6.20 Å². The second-order valence-electron chi connectivity index (χ2n) is 4.23. The summed E-state index contributed by atoms with van der Waals surface area (Å²) in [5, 5.41) is 0.874. The Bertz CT molecular complexity index is 336. The Morgan fingerprint density at radius 1 is 1.50 bits per heavy atom. The number of ether oxygens (including phenoxy) is 1. The summed E-state index contributed by atoms with van der Waals surface area (Å²) in [5.41, 5.74) is -0.406. The van der Waals surface area contributed by atoms with Gasteiger partial charge in [0.2, 0.25) is 0 Å². The van der Waals surface area contributed by atoms with Crippen LogP contribution in [0.4, 0.5) is 0 Å². The van der Waals surface area contributed by atoms with Gasteiger partial charge in [0.05, 0.1) is 11.4 Å². The van der Waals surface area contributed by atoms with Crippen molar-refractivity contribution in [2.45, 2.75) is 37.8 Å². The first-order valence-corrected chi connectivity index (χ1v) is 6.06. The first-order valence-electron chi connectivity index (χ1n) is 5.08. The average molecular weight is 240 g/mol. The van der Waals surface area contributed by atoms with Crippen LogP contribution in [0.15, 0.2) is 23.6 Å². The lowest BCUT2D eigenvalue weighted by atomic mass is 10.2. The highest BCUT2D eigenvalue weighted by Crippen LogP contribution is 2.16. The summed E-state index contributed by atoms with van der Waals surface area (Å²) in [4.78, 5) is 19.3. The van der Waals surface area contributed by atoms with E-state index in [0.29, 0.717) is 12.2 Å². The highest BCUT2D eigenvalue weighted by molar-refractivity contribution is 7.99. The van der Waals surface area contributed by atoms with Crippen molar-refractivity contribution < 1.29 is 9.53 Å². The van der Waals surface area contributed by atoms with E-state index in [1.807, 2.05) is 26.8 Å². The van der Waals surface area contributed by atoms with Gasteiger partial charge in [-0.3, -0.25) is 4.79 Å². The Morgan fingerprint density at radius 3 is 2.81 bits per heavy atom. The minimum atomic E-state index is -0.406. The van der Waals surface area contributed by atoms with E-state index < -0.39 is 5.60 Å². The molecule has 4 nitrogen and oxygen atoms in total. The molecule has 0 saturated heterocycles. The molecule has 0 radical (unpaired) electrons. The largest absolute Gasteiger partial charge is 0.460 e. The van der Waals surface area contributed by atoms with Crippen LogP contribution in [0.5, 0.6) is 0 Å². The molecule has 0 bridgehead atoms. The number of carbonyl (C=O) groups is 1. The fourth-order valence-corrected chi connectivity index (χ4v) is 1.75. The molecule has 0 aliphatic heterocycles. The zero-order chi connectivity index (χ0) is 12.0. The van der Waals surface area contributed by atoms with Gasteiger partial charge in [-0.1, -0.05) is 0 Å². The normalized spacial score (nSPS) is 11.2. The van der Waals surface area contributed by atoms with Crippen molar-refractivity contribution in [1.29, 1.82) is 0 Å². The maximum absolute atomic E-state index is 11.4. The summed E-state index contributed by atoms with van der Waals surface area (Å²) in [6.07, 6.45) is 3.57. The molecule has 1 aromatic heterocycles. The molecule has 1 rings (SSSR count). The van der Waals surface area contributed by atoms with Crippen LogP contribution in [0.25, 0.3) is 0 Å². The van der Waals surface area contributed by atoms with Gasteiger partial charge in [-0.05, 0) is 26.8 Å². The molecule has 0 fully saturated rings. The molecule has 88 valence electrons. The van der Waals surface area contributed by atoms with Crippen molar-refractivity contribution in [3.8, 4) is 0 Å². The van der Waals surface area contributed by atoms with Crippen molar-refractivity contribution in [2.75, 3.05) is 5.75 Å². The lowest BCUT2D eigenvalue weighted by molar-refractivity contribution is -0.154. The number of rotatable bonds is 4. The van der Waals surface area contributed by atoms with Gasteiger partial charge < -0.3 is 4.74 Å². The number of nitrogens with zero attached hydrogens (tertiary/aromatic N) is 2. The van der Waals surface area contributed by atoms with Crippen LogP contribution in [0.2, 0.25) is 0 Å². The van der Waals surface area contributed by atoms with E-state index in [1.165, 1.54) is 18.1 Å². The van der Waals surface area contributed by atoms with Gasteiger partial charge in [-0.15, -0.1) is 11.8 Å². The average Bonchev–Trinajstić information content (AvgIpc) is 2.16. The van der Waals surface area contributed by atoms with Crippen molar-refractivity contribution in [2.24, 2.45) is 0 Å². The van der Waals surface area contributed by atoms with Gasteiger partial charge in [0.25, 0.3) is 0 Å². The van der Waals surface area contributed by atoms with Gasteiger partial charge in [0.15, 0.2) is 0 Å². The number of aromatic nitrogens is 2. The van der Waals surface area contributed by atoms with Gasteiger partial charge in [0, 0.05) is 11.9 Å². The fraction of sp³-hybridized carbons (Fsp3) is 0.545. The number of esters is 1. The molecule has 0 saturated carbocycles. The molecular weight excluding hydrogens is 224 g/mol. The molecule has 0 unspecified atom stereocenters. The van der Waals surface area contributed by atoms with E-state index in [9.17, 15) is 4.79 Å². The van der Waals surface area contributed by atoms with Crippen molar-refractivity contribution in [1.82, 2.24) is 9.97 Å². The van der Waals surface area contributed by atoms with Crippen LogP contribution in [0.1, 0.15) is 27.2 Å². The summed E-state index contributed by atoms with van der Waals surface area (Å²) in [6.45, 7) is 5.59. The highest BCUT2D eigenvalue weighted by atomic mass is 32.2. The van der Waals surface area contributed by atoms with Crippen LogP contribution >= 0.6 is 11.8 Å². The third-order valence-electron chi connectivity index (χ3n) is 1.53. The zero-order valence-electron chi connectivity index (χ0n) is 9.77. The van der Waals surface area contributed by atoms with Crippen LogP contribution in [-0.2, 0) is 9.53 Å². The molecule has 0 spiro atoms. The molecule has 0 aliphatic carbocycles. The van der Waals surface area contributed by atoms with E-state index in [-0.39, 0.29) is 5.97 Å². The highest BCUT2D eigenvalue weighted by Gasteiger charge is 2.15. The van der Waals surface area contributed by atoms with Crippen molar-refractivity contribution in [3.05, 3.63) is 18.6 Å². The summed E-state index contributed by atoms with van der Waals surface area (Å²) < 4.78 is 5.19. The molecular formula is C11H16N2O2S. The number of hydrogen-bond acceptors (Lipinski definition) is 5. The van der Waals surface area contributed by atoms with Crippen molar-refractivity contribution in [3.63, 3.8) is 0 Å². The molecule has 0 aromatic carbocycles. The minimum Gasteiger partial charge on any atom is -0.460 e. The third-order valence-corrected chi connectivity index (χ3v) is 2.48. The Hall–Kier alpha value is -1.10. The molecule has 0 aliphatic rings. The van der Waals surface area contributed by atoms with Crippen LogP contribution in [0.3, 0.4) is 0 Å².